The van der Waals surface area contributed by atoms with Crippen molar-refractivity contribution in [3.63, 3.8) is 0 Å². The first kappa shape index (κ1) is 17.4. The standard InChI is InChI=1S/C15H25N3O3/c1-11-13(16)5-4-6-14(11)17-15(20)12(2)18(7-9-19)8-10-21-3/h4-6,12,19H,7-10,16H2,1-3H3,(H,17,20). The van der Waals surface area contributed by atoms with Crippen molar-refractivity contribution in [3.05, 3.63) is 23.8 Å². The highest BCUT2D eigenvalue weighted by Crippen LogP contribution is 2.20. The molecule has 0 saturated heterocycles. The summed E-state index contributed by atoms with van der Waals surface area (Å²) >= 11 is 0. The number of nitrogens with two attached hydrogens (primary N) is 1. The van der Waals surface area contributed by atoms with Gasteiger partial charge >= 0.3 is 0 Å². The maximum absolute atomic E-state index is 12.3. The number of carbonyl (C=O) groups is 1. The molecule has 0 aliphatic carbocycles. The zero-order chi connectivity index (χ0) is 15.8. The average Bonchev–Trinajstić information content (AvgIpc) is 2.47. The Balaban J connectivity index is 2.73. The van der Waals surface area contributed by atoms with Gasteiger partial charge in [-0.15, -0.1) is 0 Å². The normalized spacial score (nSPS) is 12.4. The van der Waals surface area contributed by atoms with Gasteiger partial charge in [0.05, 0.1) is 19.3 Å². The Labute approximate surface area is 125 Å². The third-order valence-corrected chi connectivity index (χ3v) is 3.53. The van der Waals surface area contributed by atoms with Gasteiger partial charge < -0.3 is 20.9 Å². The van der Waals surface area contributed by atoms with Crippen LogP contribution in [0.2, 0.25) is 0 Å². The van der Waals surface area contributed by atoms with E-state index >= 15 is 0 Å². The van der Waals surface area contributed by atoms with Gasteiger partial charge in [0, 0.05) is 31.6 Å². The van der Waals surface area contributed by atoms with Crippen molar-refractivity contribution < 1.29 is 14.6 Å². The SMILES string of the molecule is COCCN(CCO)C(C)C(=O)Nc1cccc(N)c1C. The van der Waals surface area contributed by atoms with Gasteiger partial charge in [0.15, 0.2) is 0 Å². The molecule has 0 heterocycles. The van der Waals surface area contributed by atoms with Gasteiger partial charge in [0.25, 0.3) is 0 Å². The van der Waals surface area contributed by atoms with E-state index in [0.29, 0.717) is 31.1 Å². The molecule has 6 heteroatoms. The first-order chi connectivity index (χ1) is 10.0. The summed E-state index contributed by atoms with van der Waals surface area (Å²) in [5, 5.41) is 12.0. The Morgan fingerprint density at radius 3 is 2.81 bits per heavy atom. The molecule has 1 aromatic carbocycles. The molecular weight excluding hydrogens is 270 g/mol. The highest BCUT2D eigenvalue weighted by molar-refractivity contribution is 5.95. The number of hydrogen-bond acceptors (Lipinski definition) is 5. The van der Waals surface area contributed by atoms with E-state index in [1.165, 1.54) is 0 Å². The van der Waals surface area contributed by atoms with Crippen LogP contribution in [0.4, 0.5) is 11.4 Å². The number of rotatable bonds is 8. The minimum absolute atomic E-state index is 0.00134. The summed E-state index contributed by atoms with van der Waals surface area (Å²) in [6.07, 6.45) is 0. The summed E-state index contributed by atoms with van der Waals surface area (Å²) < 4.78 is 5.03. The van der Waals surface area contributed by atoms with Gasteiger partial charge in [-0.05, 0) is 31.5 Å². The Morgan fingerprint density at radius 2 is 2.19 bits per heavy atom. The van der Waals surface area contributed by atoms with Crippen LogP contribution in [-0.4, -0.2) is 55.4 Å². The number of benzene rings is 1. The number of methoxy groups -OCH3 is 1. The molecule has 0 saturated carbocycles. The van der Waals surface area contributed by atoms with E-state index in [2.05, 4.69) is 5.32 Å². The largest absolute Gasteiger partial charge is 0.398 e. The Morgan fingerprint density at radius 1 is 1.48 bits per heavy atom. The molecule has 4 N–H and O–H groups in total. The van der Waals surface area contributed by atoms with Crippen LogP contribution < -0.4 is 11.1 Å². The third kappa shape index (κ3) is 5.00. The van der Waals surface area contributed by atoms with E-state index in [4.69, 9.17) is 15.6 Å². The Hall–Kier alpha value is -1.63. The summed E-state index contributed by atoms with van der Waals surface area (Å²) in [5.41, 5.74) is 8.04. The molecule has 1 unspecified atom stereocenters. The van der Waals surface area contributed by atoms with Crippen LogP contribution >= 0.6 is 0 Å². The number of aliphatic hydroxyl groups excluding tert-OH is 1. The smallest absolute Gasteiger partial charge is 0.241 e. The van der Waals surface area contributed by atoms with Gasteiger partial charge in [0.1, 0.15) is 0 Å². The summed E-state index contributed by atoms with van der Waals surface area (Å²) in [6, 6.07) is 5.06. The first-order valence-electron chi connectivity index (χ1n) is 7.01. The summed E-state index contributed by atoms with van der Waals surface area (Å²) in [5.74, 6) is -0.131. The van der Waals surface area contributed by atoms with E-state index < -0.39 is 0 Å². The lowest BCUT2D eigenvalue weighted by molar-refractivity contribution is -0.121. The molecule has 0 spiro atoms. The number of amides is 1. The van der Waals surface area contributed by atoms with Crippen LogP contribution in [-0.2, 0) is 9.53 Å². The molecule has 0 aromatic heterocycles. The van der Waals surface area contributed by atoms with Gasteiger partial charge in [0.2, 0.25) is 5.91 Å². The minimum Gasteiger partial charge on any atom is -0.398 e. The fraction of sp³-hybridized carbons (Fsp3) is 0.533. The molecule has 21 heavy (non-hydrogen) atoms. The second-order valence-electron chi connectivity index (χ2n) is 4.94. The van der Waals surface area contributed by atoms with Crippen molar-refractivity contribution in [2.45, 2.75) is 19.9 Å². The summed E-state index contributed by atoms with van der Waals surface area (Å²) in [6.45, 7) is 5.19. The van der Waals surface area contributed by atoms with Gasteiger partial charge in [-0.1, -0.05) is 6.07 Å². The zero-order valence-electron chi connectivity index (χ0n) is 12.9. The van der Waals surface area contributed by atoms with Crippen LogP contribution in [0.1, 0.15) is 12.5 Å². The molecule has 0 radical (unpaired) electrons. The van der Waals surface area contributed by atoms with Crippen molar-refractivity contribution in [2.75, 3.05) is 44.5 Å². The van der Waals surface area contributed by atoms with Crippen molar-refractivity contribution in [3.8, 4) is 0 Å². The zero-order valence-corrected chi connectivity index (χ0v) is 12.9. The monoisotopic (exact) mass is 295 g/mol. The Kier molecular flexibility index (Phi) is 7.14. The molecular formula is C15H25N3O3. The lowest BCUT2D eigenvalue weighted by Crippen LogP contribution is -2.45. The second kappa shape index (κ2) is 8.61. The molecule has 6 nitrogen and oxygen atoms in total. The quantitative estimate of drug-likeness (QED) is 0.619. The average molecular weight is 295 g/mol. The number of nitrogen functional groups attached to an aromatic ring is 1. The minimum atomic E-state index is -0.367. The van der Waals surface area contributed by atoms with Crippen molar-refractivity contribution in [1.82, 2.24) is 4.90 Å². The highest BCUT2D eigenvalue weighted by atomic mass is 16.5. The molecule has 1 rings (SSSR count). The van der Waals surface area contributed by atoms with Gasteiger partial charge in [-0.25, -0.2) is 0 Å². The number of nitrogens with one attached hydrogen (secondary N) is 1. The molecule has 0 fully saturated rings. The van der Waals surface area contributed by atoms with E-state index in [9.17, 15) is 4.79 Å². The van der Waals surface area contributed by atoms with E-state index in [1.807, 2.05) is 24.8 Å². The molecule has 0 aliphatic rings. The van der Waals surface area contributed by atoms with Gasteiger partial charge in [-0.3, -0.25) is 9.69 Å². The van der Waals surface area contributed by atoms with Crippen molar-refractivity contribution in [1.29, 1.82) is 0 Å². The second-order valence-corrected chi connectivity index (χ2v) is 4.94. The number of anilines is 2. The predicted octanol–water partition coefficient (Wildman–Crippen LogP) is 0.845. The van der Waals surface area contributed by atoms with E-state index in [0.717, 1.165) is 5.56 Å². The number of nitrogens with zero attached hydrogens (tertiary/aromatic N) is 1. The first-order valence-corrected chi connectivity index (χ1v) is 7.01. The topological polar surface area (TPSA) is 87.8 Å². The maximum Gasteiger partial charge on any atom is 0.241 e. The number of ether oxygens (including phenoxy) is 1. The van der Waals surface area contributed by atoms with Crippen LogP contribution in [0.3, 0.4) is 0 Å². The van der Waals surface area contributed by atoms with Crippen LogP contribution in [0.25, 0.3) is 0 Å². The molecule has 1 aromatic rings. The Bertz CT molecular complexity index is 465. The molecule has 1 atom stereocenters. The van der Waals surface area contributed by atoms with E-state index in [1.54, 1.807) is 19.2 Å². The molecule has 0 bridgehead atoms. The molecule has 0 aliphatic heterocycles. The lowest BCUT2D eigenvalue weighted by Gasteiger charge is -2.27. The maximum atomic E-state index is 12.3. The number of aliphatic hydroxyl groups is 1. The van der Waals surface area contributed by atoms with Crippen LogP contribution in [0.15, 0.2) is 18.2 Å². The number of carbonyl (C=O) groups excluding carboxylic acids is 1. The third-order valence-electron chi connectivity index (χ3n) is 3.53. The van der Waals surface area contributed by atoms with E-state index in [-0.39, 0.29) is 18.6 Å². The van der Waals surface area contributed by atoms with Crippen LogP contribution in [0, 0.1) is 6.92 Å². The van der Waals surface area contributed by atoms with Crippen LogP contribution in [0.5, 0.6) is 0 Å². The highest BCUT2D eigenvalue weighted by Gasteiger charge is 2.21. The molecule has 118 valence electrons. The van der Waals surface area contributed by atoms with Gasteiger partial charge in [-0.2, -0.15) is 0 Å². The fourth-order valence-corrected chi connectivity index (χ4v) is 2.03. The van der Waals surface area contributed by atoms with Crippen molar-refractivity contribution in [2.24, 2.45) is 0 Å². The fourth-order valence-electron chi connectivity index (χ4n) is 2.03. The van der Waals surface area contributed by atoms with Crippen molar-refractivity contribution >= 4 is 17.3 Å². The predicted molar refractivity (Wildman–Crippen MR) is 84.2 cm³/mol. The lowest BCUT2D eigenvalue weighted by atomic mass is 10.1. The summed E-state index contributed by atoms with van der Waals surface area (Å²) in [4.78, 5) is 14.2. The summed E-state index contributed by atoms with van der Waals surface area (Å²) in [7, 11) is 1.61. The number of hydrogen-bond donors (Lipinski definition) is 3. The molecule has 1 amide bonds.